The van der Waals surface area contributed by atoms with Crippen molar-refractivity contribution in [2.45, 2.75) is 57.5 Å². The quantitative estimate of drug-likeness (QED) is 0.754. The van der Waals surface area contributed by atoms with Crippen LogP contribution in [0, 0.1) is 11.8 Å². The lowest BCUT2D eigenvalue weighted by Gasteiger charge is -2.36. The van der Waals surface area contributed by atoms with Gasteiger partial charge < -0.3 is 5.73 Å². The van der Waals surface area contributed by atoms with E-state index >= 15 is 0 Å². The van der Waals surface area contributed by atoms with Gasteiger partial charge in [0, 0.05) is 18.6 Å². The lowest BCUT2D eigenvalue weighted by Crippen LogP contribution is -2.47. The first-order valence-corrected chi connectivity index (χ1v) is 6.66. The number of hydrogen-bond donors (Lipinski definition) is 1. The van der Waals surface area contributed by atoms with Crippen LogP contribution in [0.25, 0.3) is 0 Å². The highest BCUT2D eigenvalue weighted by Gasteiger charge is 2.35. The van der Waals surface area contributed by atoms with Crippen molar-refractivity contribution in [3.8, 4) is 0 Å². The van der Waals surface area contributed by atoms with E-state index in [0.29, 0.717) is 6.04 Å². The Kier molecular flexibility index (Phi) is 3.68. The lowest BCUT2D eigenvalue weighted by molar-refractivity contribution is 0.125. The van der Waals surface area contributed by atoms with E-state index in [1.807, 2.05) is 0 Å². The van der Waals surface area contributed by atoms with Crippen molar-refractivity contribution < 1.29 is 0 Å². The van der Waals surface area contributed by atoms with Crippen LogP contribution in [0.3, 0.4) is 0 Å². The summed E-state index contributed by atoms with van der Waals surface area (Å²) in [6.45, 7) is 3.23. The van der Waals surface area contributed by atoms with Crippen LogP contribution in [0.1, 0.15) is 45.4 Å². The molecule has 15 heavy (non-hydrogen) atoms. The summed E-state index contributed by atoms with van der Waals surface area (Å²) in [5.74, 6) is 1.84. The first kappa shape index (κ1) is 11.4. The molecule has 2 N–H and O–H groups in total. The monoisotopic (exact) mass is 210 g/mol. The molecule has 2 nitrogen and oxygen atoms in total. The van der Waals surface area contributed by atoms with E-state index in [4.69, 9.17) is 5.73 Å². The molecule has 0 radical (unpaired) electrons. The van der Waals surface area contributed by atoms with Gasteiger partial charge in [0.2, 0.25) is 0 Å². The molecule has 0 saturated heterocycles. The highest BCUT2D eigenvalue weighted by Crippen LogP contribution is 2.37. The Balaban J connectivity index is 1.91. The van der Waals surface area contributed by atoms with E-state index < -0.39 is 0 Å². The molecule has 2 aliphatic carbocycles. The van der Waals surface area contributed by atoms with Crippen molar-refractivity contribution in [3.05, 3.63) is 0 Å². The number of likely N-dealkylation sites (N-methyl/N-ethyl adjacent to an activating group) is 1. The SMILES string of the molecule is CC(C1CC1)N(C)C(CN)C1CCCC1. The summed E-state index contributed by atoms with van der Waals surface area (Å²) in [4.78, 5) is 2.58. The number of hydrogen-bond acceptors (Lipinski definition) is 2. The van der Waals surface area contributed by atoms with Gasteiger partial charge in [-0.1, -0.05) is 12.8 Å². The van der Waals surface area contributed by atoms with Crippen LogP contribution in [-0.4, -0.2) is 30.6 Å². The second-order valence-corrected chi connectivity index (χ2v) is 5.59. The third-order valence-electron chi connectivity index (χ3n) is 4.66. The molecule has 0 aliphatic heterocycles. The molecular weight excluding hydrogens is 184 g/mol. The zero-order chi connectivity index (χ0) is 10.8. The molecule has 2 rings (SSSR count). The van der Waals surface area contributed by atoms with Gasteiger partial charge in [-0.15, -0.1) is 0 Å². The van der Waals surface area contributed by atoms with Gasteiger partial charge in [-0.05, 0) is 51.5 Å². The molecule has 0 amide bonds. The van der Waals surface area contributed by atoms with Crippen molar-refractivity contribution in [1.82, 2.24) is 4.90 Å². The summed E-state index contributed by atoms with van der Waals surface area (Å²) in [5.41, 5.74) is 5.97. The Morgan fingerprint density at radius 3 is 2.20 bits per heavy atom. The van der Waals surface area contributed by atoms with Crippen LogP contribution >= 0.6 is 0 Å². The summed E-state index contributed by atoms with van der Waals surface area (Å²) in [6, 6.07) is 1.39. The van der Waals surface area contributed by atoms with E-state index in [9.17, 15) is 0 Å². The molecule has 0 aromatic rings. The van der Waals surface area contributed by atoms with Gasteiger partial charge in [-0.3, -0.25) is 4.90 Å². The standard InChI is InChI=1S/C13H26N2/c1-10(11-7-8-11)15(2)13(9-14)12-5-3-4-6-12/h10-13H,3-9,14H2,1-2H3. The normalized spacial score (nSPS) is 27.2. The summed E-state index contributed by atoms with van der Waals surface area (Å²) in [6.07, 6.45) is 8.54. The Bertz CT molecular complexity index is 195. The molecule has 2 unspecified atom stereocenters. The maximum Gasteiger partial charge on any atom is 0.0246 e. The fraction of sp³-hybridized carbons (Fsp3) is 1.00. The molecule has 0 aromatic carbocycles. The Morgan fingerprint density at radius 2 is 1.73 bits per heavy atom. The van der Waals surface area contributed by atoms with Crippen molar-refractivity contribution in [2.24, 2.45) is 17.6 Å². The molecular formula is C13H26N2. The van der Waals surface area contributed by atoms with Gasteiger partial charge in [-0.25, -0.2) is 0 Å². The molecule has 88 valence electrons. The number of nitrogens with two attached hydrogens (primary N) is 1. The minimum absolute atomic E-state index is 0.642. The van der Waals surface area contributed by atoms with Crippen LogP contribution < -0.4 is 5.73 Å². The zero-order valence-corrected chi connectivity index (χ0v) is 10.3. The van der Waals surface area contributed by atoms with Crippen LogP contribution in [0.2, 0.25) is 0 Å². The molecule has 2 fully saturated rings. The molecule has 0 heterocycles. The highest BCUT2D eigenvalue weighted by molar-refractivity contribution is 4.90. The molecule has 0 spiro atoms. The summed E-state index contributed by atoms with van der Waals surface area (Å²) < 4.78 is 0. The molecule has 2 heteroatoms. The fourth-order valence-electron chi connectivity index (χ4n) is 3.25. The topological polar surface area (TPSA) is 29.3 Å². The molecule has 0 bridgehead atoms. The van der Waals surface area contributed by atoms with Gasteiger partial charge in [0.15, 0.2) is 0 Å². The minimum atomic E-state index is 0.642. The van der Waals surface area contributed by atoms with E-state index in [-0.39, 0.29) is 0 Å². The van der Waals surface area contributed by atoms with Gasteiger partial charge >= 0.3 is 0 Å². The van der Waals surface area contributed by atoms with Crippen molar-refractivity contribution >= 4 is 0 Å². The Labute approximate surface area is 94.2 Å². The maximum absolute atomic E-state index is 5.97. The minimum Gasteiger partial charge on any atom is -0.329 e. The lowest BCUT2D eigenvalue weighted by atomic mass is 9.95. The van der Waals surface area contributed by atoms with Crippen molar-refractivity contribution in [3.63, 3.8) is 0 Å². The smallest absolute Gasteiger partial charge is 0.0246 e. The molecule has 0 aromatic heterocycles. The average molecular weight is 210 g/mol. The van der Waals surface area contributed by atoms with Crippen LogP contribution in [0.15, 0.2) is 0 Å². The number of rotatable bonds is 5. The third kappa shape index (κ3) is 2.54. The Morgan fingerprint density at radius 1 is 1.13 bits per heavy atom. The average Bonchev–Trinajstić information content (AvgIpc) is 2.96. The fourth-order valence-corrected chi connectivity index (χ4v) is 3.25. The zero-order valence-electron chi connectivity index (χ0n) is 10.3. The first-order chi connectivity index (χ1) is 7.24. The second-order valence-electron chi connectivity index (χ2n) is 5.59. The van der Waals surface area contributed by atoms with E-state index in [2.05, 4.69) is 18.9 Å². The first-order valence-electron chi connectivity index (χ1n) is 6.66. The van der Waals surface area contributed by atoms with Crippen LogP contribution in [0.5, 0.6) is 0 Å². The van der Waals surface area contributed by atoms with Gasteiger partial charge in [0.05, 0.1) is 0 Å². The largest absolute Gasteiger partial charge is 0.329 e. The second kappa shape index (κ2) is 4.84. The third-order valence-corrected chi connectivity index (χ3v) is 4.66. The van der Waals surface area contributed by atoms with E-state index in [1.165, 1.54) is 38.5 Å². The Hall–Kier alpha value is -0.0800. The van der Waals surface area contributed by atoms with Crippen LogP contribution in [-0.2, 0) is 0 Å². The van der Waals surface area contributed by atoms with Gasteiger partial charge in [-0.2, -0.15) is 0 Å². The summed E-state index contributed by atoms with van der Waals surface area (Å²) in [7, 11) is 2.29. The highest BCUT2D eigenvalue weighted by atomic mass is 15.2. The predicted octanol–water partition coefficient (Wildman–Crippen LogP) is 2.23. The van der Waals surface area contributed by atoms with Gasteiger partial charge in [0.25, 0.3) is 0 Å². The molecule has 2 atom stereocenters. The van der Waals surface area contributed by atoms with Crippen molar-refractivity contribution in [1.29, 1.82) is 0 Å². The van der Waals surface area contributed by atoms with Gasteiger partial charge in [0.1, 0.15) is 0 Å². The number of nitrogens with zero attached hydrogens (tertiary/aromatic N) is 1. The van der Waals surface area contributed by atoms with Crippen LogP contribution in [0.4, 0.5) is 0 Å². The maximum atomic E-state index is 5.97. The predicted molar refractivity (Wildman–Crippen MR) is 64.7 cm³/mol. The molecule has 2 saturated carbocycles. The summed E-state index contributed by atoms with van der Waals surface area (Å²) >= 11 is 0. The van der Waals surface area contributed by atoms with Crippen molar-refractivity contribution in [2.75, 3.05) is 13.6 Å². The van der Waals surface area contributed by atoms with E-state index in [1.54, 1.807) is 0 Å². The van der Waals surface area contributed by atoms with E-state index in [0.717, 1.165) is 24.4 Å². The summed E-state index contributed by atoms with van der Waals surface area (Å²) in [5, 5.41) is 0. The molecule has 2 aliphatic rings.